The monoisotopic (exact) mass is 495 g/mol. The van der Waals surface area contributed by atoms with Crippen molar-refractivity contribution >= 4 is 23.6 Å². The average Bonchev–Trinajstić information content (AvgIpc) is 2.84. The zero-order valence-electron chi connectivity index (χ0n) is 21.3. The highest BCUT2D eigenvalue weighted by Crippen LogP contribution is 2.35. The number of rotatable bonds is 10. The molecule has 0 aromatic heterocycles. The molecule has 3 rings (SSSR count). The molecule has 0 saturated heterocycles. The Morgan fingerprint density at radius 3 is 2.50 bits per heavy atom. The van der Waals surface area contributed by atoms with Crippen LogP contribution in [0.2, 0.25) is 0 Å². The molecular weight excluding hydrogens is 462 g/mol. The fourth-order valence-electron chi connectivity index (χ4n) is 4.03. The number of urea groups is 1. The van der Waals surface area contributed by atoms with Crippen molar-refractivity contribution in [3.8, 4) is 11.5 Å². The first-order valence-corrected chi connectivity index (χ1v) is 11.9. The van der Waals surface area contributed by atoms with Gasteiger partial charge in [-0.25, -0.2) is 9.59 Å². The lowest BCUT2D eigenvalue weighted by Crippen LogP contribution is -2.46. The number of amides is 3. The Hall–Kier alpha value is -4.01. The molecule has 0 bridgehead atoms. The number of methoxy groups -OCH3 is 1. The van der Waals surface area contributed by atoms with Gasteiger partial charge in [-0.05, 0) is 56.5 Å². The molecule has 1 unspecified atom stereocenters. The molecule has 1 atom stereocenters. The summed E-state index contributed by atoms with van der Waals surface area (Å²) in [5.74, 6) is -0.0937. The summed E-state index contributed by atoms with van der Waals surface area (Å²) < 4.78 is 16.5. The van der Waals surface area contributed by atoms with Gasteiger partial charge in [0.2, 0.25) is 0 Å². The lowest BCUT2D eigenvalue weighted by molar-refractivity contribution is -0.139. The highest BCUT2D eigenvalue weighted by Gasteiger charge is 2.33. The molecule has 0 saturated carbocycles. The van der Waals surface area contributed by atoms with Crippen LogP contribution in [0.3, 0.4) is 0 Å². The minimum Gasteiger partial charge on any atom is -0.493 e. The second kappa shape index (κ2) is 12.1. The Labute approximate surface area is 211 Å². The topological polar surface area (TPSA) is 115 Å². The Morgan fingerprint density at radius 1 is 1.06 bits per heavy atom. The number of ether oxygens (including phenoxy) is 3. The number of anilines is 1. The number of esters is 1. The highest BCUT2D eigenvalue weighted by molar-refractivity contribution is 5.95. The fraction of sp³-hybridized carbons (Fsp3) is 0.370. The normalized spacial score (nSPS) is 15.0. The summed E-state index contributed by atoms with van der Waals surface area (Å²) >= 11 is 0. The summed E-state index contributed by atoms with van der Waals surface area (Å²) in [6.45, 7) is 7.60. The van der Waals surface area contributed by atoms with Gasteiger partial charge >= 0.3 is 12.0 Å². The molecular formula is C27H33N3O6. The van der Waals surface area contributed by atoms with Gasteiger partial charge in [-0.15, -0.1) is 0 Å². The number of nitrogens with one attached hydrogen (secondary N) is 3. The number of aryl methyl sites for hydroxylation is 2. The van der Waals surface area contributed by atoms with Crippen LogP contribution in [0, 0.1) is 13.8 Å². The van der Waals surface area contributed by atoms with Crippen LogP contribution in [0.5, 0.6) is 11.5 Å². The van der Waals surface area contributed by atoms with E-state index in [9.17, 15) is 14.4 Å². The summed E-state index contributed by atoms with van der Waals surface area (Å²) in [5, 5.41) is 8.38. The van der Waals surface area contributed by atoms with E-state index < -0.39 is 18.0 Å². The molecule has 1 aliphatic rings. The van der Waals surface area contributed by atoms with E-state index in [2.05, 4.69) is 16.0 Å². The molecule has 2 aromatic carbocycles. The smallest absolute Gasteiger partial charge is 0.338 e. The van der Waals surface area contributed by atoms with Crippen LogP contribution in [0.1, 0.15) is 49.4 Å². The van der Waals surface area contributed by atoms with E-state index in [1.54, 1.807) is 25.1 Å². The van der Waals surface area contributed by atoms with Crippen molar-refractivity contribution in [3.05, 3.63) is 64.4 Å². The largest absolute Gasteiger partial charge is 0.493 e. The van der Waals surface area contributed by atoms with Gasteiger partial charge in [0, 0.05) is 11.4 Å². The van der Waals surface area contributed by atoms with Gasteiger partial charge in [-0.2, -0.15) is 0 Å². The van der Waals surface area contributed by atoms with Crippen LogP contribution >= 0.6 is 0 Å². The van der Waals surface area contributed by atoms with Gasteiger partial charge in [0.05, 0.1) is 25.3 Å². The van der Waals surface area contributed by atoms with E-state index in [4.69, 9.17) is 14.2 Å². The zero-order chi connectivity index (χ0) is 26.2. The quantitative estimate of drug-likeness (QED) is 0.424. The molecule has 0 aliphatic carbocycles. The van der Waals surface area contributed by atoms with Crippen molar-refractivity contribution < 1.29 is 28.6 Å². The lowest BCUT2D eigenvalue weighted by Gasteiger charge is -2.29. The molecule has 3 N–H and O–H groups in total. The summed E-state index contributed by atoms with van der Waals surface area (Å²) in [7, 11) is 1.48. The minimum absolute atomic E-state index is 0.211. The summed E-state index contributed by atoms with van der Waals surface area (Å²) in [4.78, 5) is 37.6. The Kier molecular flexibility index (Phi) is 8.94. The number of hydrogen-bond donors (Lipinski definition) is 3. The van der Waals surface area contributed by atoms with Gasteiger partial charge in [-0.3, -0.25) is 4.79 Å². The standard InChI is InChI=1S/C27H33N3O6/c1-6-8-20-24(26(32)35-7-2)25(30-27(33)29-20)18-10-12-21(22(14-18)34-5)36-15-23(31)28-19-11-9-16(3)13-17(19)4/h9-14,25H,6-8,15H2,1-5H3,(H,28,31)(H2,29,30,33). The van der Waals surface area contributed by atoms with E-state index >= 15 is 0 Å². The molecule has 1 heterocycles. The number of carbonyl (C=O) groups is 3. The van der Waals surface area contributed by atoms with E-state index in [-0.39, 0.29) is 19.1 Å². The first-order chi connectivity index (χ1) is 17.3. The van der Waals surface area contributed by atoms with Crippen molar-refractivity contribution in [2.24, 2.45) is 0 Å². The SMILES string of the molecule is CCCC1=C(C(=O)OCC)C(c2ccc(OCC(=O)Nc3ccc(C)cc3C)c(OC)c2)NC(=O)N1. The second-order valence-corrected chi connectivity index (χ2v) is 8.46. The second-order valence-electron chi connectivity index (χ2n) is 8.46. The number of allylic oxidation sites excluding steroid dienone is 1. The molecule has 0 spiro atoms. The summed E-state index contributed by atoms with van der Waals surface area (Å²) in [6, 6.07) is 9.68. The van der Waals surface area contributed by atoms with E-state index in [1.165, 1.54) is 7.11 Å². The van der Waals surface area contributed by atoms with Crippen LogP contribution in [-0.2, 0) is 14.3 Å². The van der Waals surface area contributed by atoms with Crippen LogP contribution < -0.4 is 25.4 Å². The molecule has 3 amide bonds. The third-order valence-corrected chi connectivity index (χ3v) is 5.68. The molecule has 192 valence electrons. The van der Waals surface area contributed by atoms with Crippen molar-refractivity contribution in [2.75, 3.05) is 25.6 Å². The zero-order valence-corrected chi connectivity index (χ0v) is 21.3. The van der Waals surface area contributed by atoms with Crippen molar-refractivity contribution in [3.63, 3.8) is 0 Å². The molecule has 36 heavy (non-hydrogen) atoms. The van der Waals surface area contributed by atoms with Crippen LogP contribution in [-0.4, -0.2) is 38.2 Å². The average molecular weight is 496 g/mol. The fourth-order valence-corrected chi connectivity index (χ4v) is 4.03. The molecule has 9 heteroatoms. The highest BCUT2D eigenvalue weighted by atomic mass is 16.5. The molecule has 1 aliphatic heterocycles. The number of hydrogen-bond acceptors (Lipinski definition) is 6. The first kappa shape index (κ1) is 26.6. The van der Waals surface area contributed by atoms with Gasteiger partial charge in [-0.1, -0.05) is 37.1 Å². The van der Waals surface area contributed by atoms with Crippen LogP contribution in [0.25, 0.3) is 0 Å². The van der Waals surface area contributed by atoms with Crippen LogP contribution in [0.4, 0.5) is 10.5 Å². The maximum absolute atomic E-state index is 12.8. The first-order valence-electron chi connectivity index (χ1n) is 11.9. The lowest BCUT2D eigenvalue weighted by atomic mass is 9.93. The number of benzene rings is 2. The summed E-state index contributed by atoms with van der Waals surface area (Å²) in [5.41, 5.74) is 4.29. The predicted octanol–water partition coefficient (Wildman–Crippen LogP) is 4.30. The van der Waals surface area contributed by atoms with E-state index in [0.29, 0.717) is 34.8 Å². The van der Waals surface area contributed by atoms with Crippen LogP contribution in [0.15, 0.2) is 47.7 Å². The summed E-state index contributed by atoms with van der Waals surface area (Å²) in [6.07, 6.45) is 1.26. The molecule has 9 nitrogen and oxygen atoms in total. The Bertz CT molecular complexity index is 1170. The van der Waals surface area contributed by atoms with Gasteiger partial charge in [0.15, 0.2) is 18.1 Å². The van der Waals surface area contributed by atoms with E-state index in [0.717, 1.165) is 23.2 Å². The molecule has 2 aromatic rings. The molecule has 0 radical (unpaired) electrons. The predicted molar refractivity (Wildman–Crippen MR) is 136 cm³/mol. The Morgan fingerprint density at radius 2 is 1.83 bits per heavy atom. The third-order valence-electron chi connectivity index (χ3n) is 5.68. The van der Waals surface area contributed by atoms with Crippen molar-refractivity contribution in [2.45, 2.75) is 46.6 Å². The maximum atomic E-state index is 12.8. The minimum atomic E-state index is -0.727. The van der Waals surface area contributed by atoms with Crippen molar-refractivity contribution in [1.29, 1.82) is 0 Å². The van der Waals surface area contributed by atoms with Crippen molar-refractivity contribution in [1.82, 2.24) is 10.6 Å². The molecule has 0 fully saturated rings. The van der Waals surface area contributed by atoms with E-state index in [1.807, 2.05) is 39.0 Å². The van der Waals surface area contributed by atoms with Gasteiger partial charge in [0.25, 0.3) is 5.91 Å². The van der Waals surface area contributed by atoms with Gasteiger partial charge in [0.1, 0.15) is 0 Å². The van der Waals surface area contributed by atoms with Gasteiger partial charge < -0.3 is 30.2 Å². The number of carbonyl (C=O) groups excluding carboxylic acids is 3. The third kappa shape index (κ3) is 6.35. The Balaban J connectivity index is 1.81. The maximum Gasteiger partial charge on any atom is 0.338 e.